The van der Waals surface area contributed by atoms with E-state index in [0.29, 0.717) is 19.1 Å². The number of halogens is 2. The Labute approximate surface area is 318 Å². The molecule has 4 heteroatoms. The number of benzene rings is 6. The zero-order chi connectivity index (χ0) is 33.1. The zero-order valence-electron chi connectivity index (χ0n) is 29.8. The number of allylic oxidation sites excluding steroid dienone is 2. The number of fused-ring (bicyclic) bond motifs is 4. The summed E-state index contributed by atoms with van der Waals surface area (Å²) in [6.07, 6.45) is 0. The molecule has 0 fully saturated rings. The van der Waals surface area contributed by atoms with Gasteiger partial charge in [-0.3, -0.25) is 0 Å². The third-order valence-corrected chi connectivity index (χ3v) is 30.0. The molecule has 0 nitrogen and oxygen atoms in total. The van der Waals surface area contributed by atoms with Crippen molar-refractivity contribution >= 4 is 38.1 Å². The van der Waals surface area contributed by atoms with Gasteiger partial charge in [0.15, 0.2) is 0 Å². The summed E-state index contributed by atoms with van der Waals surface area (Å²) in [6, 6.07) is 51.0. The van der Waals surface area contributed by atoms with E-state index in [9.17, 15) is 0 Å². The molecule has 0 heterocycles. The van der Waals surface area contributed by atoms with Crippen LogP contribution in [0.1, 0.15) is 68.3 Å². The average Bonchev–Trinajstić information content (AvgIpc) is 3.62. The number of hydrogen-bond acceptors (Lipinski definition) is 0. The molecular formula is C46H44Cl2SiZr. The maximum absolute atomic E-state index is 2.67. The Balaban J connectivity index is 0.00000216. The van der Waals surface area contributed by atoms with Gasteiger partial charge in [-0.15, -0.1) is 0 Å². The van der Waals surface area contributed by atoms with E-state index >= 15 is 0 Å². The van der Waals surface area contributed by atoms with Crippen molar-refractivity contribution in [3.63, 3.8) is 0 Å². The number of rotatable bonds is 6. The molecule has 2 atom stereocenters. The van der Waals surface area contributed by atoms with Crippen molar-refractivity contribution in [1.29, 1.82) is 0 Å². The standard InChI is InChI=1S/2C22H19.C2H6Si.2ClH.Zr/c2*1-15(2)21-14-17-9-4-6-12-19(17)22(21)20-13-7-10-16-8-3-5-11-18(16)20;1-3-2;;;/h2*3-15H,1-2H3;1-2H3;2*1H;/q;;;;;+2/p-2. The minimum Gasteiger partial charge on any atom is -1.00 e. The van der Waals surface area contributed by atoms with Crippen LogP contribution < -0.4 is 24.8 Å². The van der Waals surface area contributed by atoms with Gasteiger partial charge in [0.1, 0.15) is 0 Å². The third-order valence-electron chi connectivity index (χ3n) is 10.8. The molecule has 6 aromatic carbocycles. The second-order valence-corrected chi connectivity index (χ2v) is 32.4. The van der Waals surface area contributed by atoms with Crippen LogP contribution in [0, 0.1) is 11.8 Å². The van der Waals surface area contributed by atoms with Gasteiger partial charge >= 0.3 is 296 Å². The summed E-state index contributed by atoms with van der Waals surface area (Å²) in [5, 5.41) is 5.41. The van der Waals surface area contributed by atoms with Crippen molar-refractivity contribution in [3.05, 3.63) is 178 Å². The van der Waals surface area contributed by atoms with Crippen LogP contribution in [0.25, 0.3) is 32.7 Å². The summed E-state index contributed by atoms with van der Waals surface area (Å²) in [7, 11) is 0. The Morgan fingerprint density at radius 1 is 0.440 bits per heavy atom. The minimum absolute atomic E-state index is 0. The molecule has 6 aromatic rings. The first kappa shape index (κ1) is 36.8. The fraction of sp³-hybridized carbons (Fsp3) is 0.217. The van der Waals surface area contributed by atoms with Crippen LogP contribution in [0.2, 0.25) is 13.1 Å². The number of hydrogen-bond donors (Lipinski definition) is 0. The van der Waals surface area contributed by atoms with Gasteiger partial charge in [-0.1, -0.05) is 0 Å². The third kappa shape index (κ3) is 5.95. The van der Waals surface area contributed by atoms with Crippen molar-refractivity contribution in [3.8, 4) is 0 Å². The Kier molecular flexibility index (Phi) is 11.0. The molecule has 0 amide bonds. The molecule has 0 spiro atoms. The van der Waals surface area contributed by atoms with Crippen molar-refractivity contribution in [2.75, 3.05) is 0 Å². The van der Waals surface area contributed by atoms with Crippen LogP contribution in [-0.4, -0.2) is 5.43 Å². The maximum Gasteiger partial charge on any atom is -1.00 e. The van der Waals surface area contributed by atoms with Crippen molar-refractivity contribution in [2.24, 2.45) is 11.8 Å². The Bertz CT molecular complexity index is 2170. The first-order chi connectivity index (χ1) is 23.4. The average molecular weight is 787 g/mol. The minimum atomic E-state index is -2.44. The molecular weight excluding hydrogens is 743 g/mol. The molecule has 50 heavy (non-hydrogen) atoms. The molecule has 2 unspecified atom stereocenters. The molecule has 0 bridgehead atoms. The SMILES string of the molecule is CC(C)C1=C(c2cccc3ccccc23)c2ccccc2[CH]1[Zr+2]([CH]1C(C(C)C)=C(c2cccc3ccccc23)c2ccccc21)=[Si](C)C.[Cl-].[Cl-]. The van der Waals surface area contributed by atoms with Crippen molar-refractivity contribution < 1.29 is 45.2 Å². The Hall–Kier alpha value is -3.00. The Morgan fingerprint density at radius 2 is 0.780 bits per heavy atom. The molecule has 0 aromatic heterocycles. The van der Waals surface area contributed by atoms with E-state index in [1.165, 1.54) is 54.9 Å². The molecule has 0 N–H and O–H groups in total. The van der Waals surface area contributed by atoms with E-state index in [2.05, 4.69) is 174 Å². The van der Waals surface area contributed by atoms with Crippen LogP contribution in [0.15, 0.2) is 145 Å². The quantitative estimate of drug-likeness (QED) is 0.167. The van der Waals surface area contributed by atoms with Crippen LogP contribution in [0.5, 0.6) is 0 Å². The van der Waals surface area contributed by atoms with Gasteiger partial charge < -0.3 is 24.8 Å². The van der Waals surface area contributed by atoms with Gasteiger partial charge in [0, 0.05) is 0 Å². The van der Waals surface area contributed by atoms with E-state index in [1.807, 2.05) is 0 Å². The summed E-state index contributed by atoms with van der Waals surface area (Å²) >= 11 is -2.44. The van der Waals surface area contributed by atoms with Crippen LogP contribution in [0.3, 0.4) is 0 Å². The Morgan fingerprint density at radius 3 is 1.18 bits per heavy atom. The van der Waals surface area contributed by atoms with E-state index in [-0.39, 0.29) is 24.8 Å². The fourth-order valence-corrected chi connectivity index (χ4v) is 30.1. The predicted octanol–water partition coefficient (Wildman–Crippen LogP) is 6.60. The van der Waals surface area contributed by atoms with E-state index in [0.717, 1.165) is 0 Å². The zero-order valence-corrected chi connectivity index (χ0v) is 34.7. The molecule has 250 valence electrons. The van der Waals surface area contributed by atoms with Crippen LogP contribution >= 0.6 is 0 Å². The smallest absolute Gasteiger partial charge is 1.00 e. The van der Waals surface area contributed by atoms with Gasteiger partial charge in [0.05, 0.1) is 0 Å². The first-order valence-corrected chi connectivity index (χ1v) is 26.7. The summed E-state index contributed by atoms with van der Waals surface area (Å²) < 4.78 is 1.11. The van der Waals surface area contributed by atoms with Gasteiger partial charge in [0.25, 0.3) is 0 Å². The topological polar surface area (TPSA) is 0 Å². The molecule has 8 rings (SSSR count). The van der Waals surface area contributed by atoms with Crippen LogP contribution in [-0.2, 0) is 20.4 Å². The monoisotopic (exact) mass is 784 g/mol. The molecule has 2 aliphatic rings. The van der Waals surface area contributed by atoms with E-state index in [4.69, 9.17) is 0 Å². The summed E-state index contributed by atoms with van der Waals surface area (Å²) in [4.78, 5) is 0. The second kappa shape index (κ2) is 14.9. The summed E-state index contributed by atoms with van der Waals surface area (Å²) in [6.45, 7) is 15.2. The molecule has 0 saturated heterocycles. The first-order valence-electron chi connectivity index (χ1n) is 17.7. The van der Waals surface area contributed by atoms with Crippen LogP contribution in [0.4, 0.5) is 0 Å². The molecule has 2 aliphatic carbocycles. The summed E-state index contributed by atoms with van der Waals surface area (Å²) in [5.74, 6) is 0.933. The maximum atomic E-state index is 2.67. The van der Waals surface area contributed by atoms with Gasteiger partial charge in [0.2, 0.25) is 0 Å². The van der Waals surface area contributed by atoms with E-state index < -0.39 is 25.8 Å². The van der Waals surface area contributed by atoms with Gasteiger partial charge in [-0.2, -0.15) is 0 Å². The molecule has 0 radical (unpaired) electrons. The second-order valence-electron chi connectivity index (χ2n) is 14.5. The molecule has 0 aliphatic heterocycles. The molecule has 0 saturated carbocycles. The van der Waals surface area contributed by atoms with Gasteiger partial charge in [-0.25, -0.2) is 0 Å². The van der Waals surface area contributed by atoms with Crippen molar-refractivity contribution in [1.82, 2.24) is 0 Å². The van der Waals surface area contributed by atoms with Crippen molar-refractivity contribution in [2.45, 2.75) is 48.0 Å². The predicted molar refractivity (Wildman–Crippen MR) is 205 cm³/mol. The van der Waals surface area contributed by atoms with E-state index in [1.54, 1.807) is 22.3 Å². The normalized spacial score (nSPS) is 16.3. The summed E-state index contributed by atoms with van der Waals surface area (Å²) in [5.41, 5.74) is 14.9. The fourth-order valence-electron chi connectivity index (χ4n) is 9.03. The van der Waals surface area contributed by atoms with Gasteiger partial charge in [-0.05, 0) is 0 Å². The largest absolute Gasteiger partial charge is 1.00 e.